The van der Waals surface area contributed by atoms with Crippen molar-refractivity contribution in [2.24, 2.45) is 0 Å². The van der Waals surface area contributed by atoms with Crippen LogP contribution in [0.1, 0.15) is 17.3 Å². The highest BCUT2D eigenvalue weighted by Gasteiger charge is 2.11. The molecule has 0 bridgehead atoms. The second kappa shape index (κ2) is 11.0. The minimum Gasteiger partial charge on any atom is -0.493 e. The standard InChI is InChI=1S/C18H17Br2N3O4S/c1-2-26-15-8-3-11(9-14(15)20)17(25)21-18(28)23-22-16(24)10-27-13-6-4-12(19)5-7-13/h3-9H,2,10H2,1H3,(H,22,24)(H2,21,23,25,28). The molecule has 0 aliphatic heterocycles. The SMILES string of the molecule is CCOc1ccc(C(=O)NC(=S)NNC(=O)COc2ccc(Br)cc2)cc1Br. The molecule has 0 aliphatic rings. The van der Waals surface area contributed by atoms with E-state index in [2.05, 4.69) is 48.0 Å². The Morgan fingerprint density at radius 2 is 1.75 bits per heavy atom. The van der Waals surface area contributed by atoms with Crippen molar-refractivity contribution in [1.29, 1.82) is 0 Å². The Morgan fingerprint density at radius 1 is 1.04 bits per heavy atom. The third-order valence-electron chi connectivity index (χ3n) is 3.22. The molecule has 2 amide bonds. The number of carbonyl (C=O) groups excluding carboxylic acids is 2. The lowest BCUT2D eigenvalue weighted by atomic mass is 10.2. The van der Waals surface area contributed by atoms with Gasteiger partial charge in [0.1, 0.15) is 11.5 Å². The summed E-state index contributed by atoms with van der Waals surface area (Å²) >= 11 is 11.7. The summed E-state index contributed by atoms with van der Waals surface area (Å²) in [7, 11) is 0. The lowest BCUT2D eigenvalue weighted by molar-refractivity contribution is -0.123. The molecule has 0 aliphatic carbocycles. The number of rotatable bonds is 6. The molecule has 0 heterocycles. The Balaban J connectivity index is 1.76. The van der Waals surface area contributed by atoms with E-state index in [4.69, 9.17) is 21.7 Å². The predicted molar refractivity (Wildman–Crippen MR) is 116 cm³/mol. The van der Waals surface area contributed by atoms with E-state index >= 15 is 0 Å². The van der Waals surface area contributed by atoms with Crippen LogP contribution in [0.25, 0.3) is 0 Å². The van der Waals surface area contributed by atoms with Crippen molar-refractivity contribution in [3.63, 3.8) is 0 Å². The molecule has 148 valence electrons. The zero-order valence-corrected chi connectivity index (χ0v) is 18.7. The van der Waals surface area contributed by atoms with Crippen LogP contribution in [0.3, 0.4) is 0 Å². The molecule has 0 fully saturated rings. The highest BCUT2D eigenvalue weighted by molar-refractivity contribution is 9.10. The molecule has 0 atom stereocenters. The molecule has 0 saturated carbocycles. The van der Waals surface area contributed by atoms with E-state index in [1.807, 2.05) is 6.92 Å². The predicted octanol–water partition coefficient (Wildman–Crippen LogP) is 3.32. The van der Waals surface area contributed by atoms with Crippen LogP contribution in [0, 0.1) is 0 Å². The van der Waals surface area contributed by atoms with Crippen molar-refractivity contribution >= 4 is 61.0 Å². The minimum absolute atomic E-state index is 0.0491. The Bertz CT molecular complexity index is 862. The highest BCUT2D eigenvalue weighted by atomic mass is 79.9. The number of ether oxygens (including phenoxy) is 2. The highest BCUT2D eigenvalue weighted by Crippen LogP contribution is 2.25. The summed E-state index contributed by atoms with van der Waals surface area (Å²) in [5.41, 5.74) is 5.18. The summed E-state index contributed by atoms with van der Waals surface area (Å²) in [4.78, 5) is 24.0. The average Bonchev–Trinajstić information content (AvgIpc) is 2.67. The molecule has 0 aromatic heterocycles. The summed E-state index contributed by atoms with van der Waals surface area (Å²) in [6.07, 6.45) is 0. The van der Waals surface area contributed by atoms with Gasteiger partial charge in [0, 0.05) is 10.0 Å². The maximum Gasteiger partial charge on any atom is 0.276 e. The molecule has 28 heavy (non-hydrogen) atoms. The zero-order chi connectivity index (χ0) is 20.5. The fourth-order valence-electron chi connectivity index (χ4n) is 1.96. The lowest BCUT2D eigenvalue weighted by Crippen LogP contribution is -2.49. The van der Waals surface area contributed by atoms with Gasteiger partial charge in [-0.3, -0.25) is 25.8 Å². The number of benzene rings is 2. The first-order chi connectivity index (χ1) is 13.4. The topological polar surface area (TPSA) is 88.7 Å². The molecule has 7 nitrogen and oxygen atoms in total. The number of hydrazine groups is 1. The van der Waals surface area contributed by atoms with Gasteiger partial charge in [-0.25, -0.2) is 0 Å². The molecule has 2 aromatic rings. The van der Waals surface area contributed by atoms with Crippen molar-refractivity contribution < 1.29 is 19.1 Å². The number of hydrogen-bond donors (Lipinski definition) is 3. The quantitative estimate of drug-likeness (QED) is 0.392. The number of nitrogens with one attached hydrogen (secondary N) is 3. The largest absolute Gasteiger partial charge is 0.493 e. The fraction of sp³-hybridized carbons (Fsp3) is 0.167. The molecule has 0 saturated heterocycles. The number of hydrogen-bond acceptors (Lipinski definition) is 5. The molecule has 3 N–H and O–H groups in total. The Labute approximate surface area is 184 Å². The van der Waals surface area contributed by atoms with Crippen LogP contribution in [0.4, 0.5) is 0 Å². The van der Waals surface area contributed by atoms with Crippen molar-refractivity contribution in [3.8, 4) is 11.5 Å². The van der Waals surface area contributed by atoms with E-state index in [-0.39, 0.29) is 11.7 Å². The summed E-state index contributed by atoms with van der Waals surface area (Å²) in [5, 5.41) is 2.42. The molecular formula is C18H17Br2N3O4S. The van der Waals surface area contributed by atoms with Gasteiger partial charge in [-0.2, -0.15) is 0 Å². The average molecular weight is 531 g/mol. The van der Waals surface area contributed by atoms with Crippen LogP contribution >= 0.6 is 44.1 Å². The van der Waals surface area contributed by atoms with Crippen molar-refractivity contribution in [2.75, 3.05) is 13.2 Å². The Kier molecular flexibility index (Phi) is 8.68. The molecule has 2 aromatic carbocycles. The Hall–Kier alpha value is -2.17. The van der Waals surface area contributed by atoms with Gasteiger partial charge in [0.25, 0.3) is 11.8 Å². The van der Waals surface area contributed by atoms with Gasteiger partial charge >= 0.3 is 0 Å². The number of amides is 2. The van der Waals surface area contributed by atoms with E-state index < -0.39 is 11.8 Å². The second-order valence-electron chi connectivity index (χ2n) is 5.28. The summed E-state index contributed by atoms with van der Waals surface area (Å²) in [6, 6.07) is 12.0. The van der Waals surface area contributed by atoms with E-state index in [1.54, 1.807) is 42.5 Å². The summed E-state index contributed by atoms with van der Waals surface area (Å²) in [5.74, 6) is 0.304. The maximum absolute atomic E-state index is 12.2. The van der Waals surface area contributed by atoms with Gasteiger partial charge in [-0.1, -0.05) is 15.9 Å². The molecular weight excluding hydrogens is 514 g/mol. The molecule has 0 unspecified atom stereocenters. The van der Waals surface area contributed by atoms with E-state index in [1.165, 1.54) is 0 Å². The van der Waals surface area contributed by atoms with Crippen LogP contribution in [0.15, 0.2) is 51.4 Å². The molecule has 2 rings (SSSR count). The van der Waals surface area contributed by atoms with E-state index in [0.29, 0.717) is 28.1 Å². The van der Waals surface area contributed by atoms with Crippen molar-refractivity contribution in [3.05, 3.63) is 57.0 Å². The van der Waals surface area contributed by atoms with E-state index in [0.717, 1.165) is 4.47 Å². The van der Waals surface area contributed by atoms with Gasteiger partial charge < -0.3 is 9.47 Å². The van der Waals surface area contributed by atoms with E-state index in [9.17, 15) is 9.59 Å². The number of halogens is 2. The van der Waals surface area contributed by atoms with Crippen LogP contribution < -0.4 is 25.6 Å². The molecule has 0 spiro atoms. The first kappa shape index (κ1) is 22.1. The summed E-state index contributed by atoms with van der Waals surface area (Å²) < 4.78 is 12.3. The first-order valence-electron chi connectivity index (χ1n) is 8.10. The van der Waals surface area contributed by atoms with Crippen LogP contribution in [-0.2, 0) is 4.79 Å². The maximum atomic E-state index is 12.2. The van der Waals surface area contributed by atoms with Crippen molar-refractivity contribution in [2.45, 2.75) is 6.92 Å². The molecule has 0 radical (unpaired) electrons. The summed E-state index contributed by atoms with van der Waals surface area (Å²) in [6.45, 7) is 2.18. The van der Waals surface area contributed by atoms with Crippen LogP contribution in [-0.4, -0.2) is 30.1 Å². The van der Waals surface area contributed by atoms with Crippen LogP contribution in [0.5, 0.6) is 11.5 Å². The van der Waals surface area contributed by atoms with Gasteiger partial charge in [-0.05, 0) is 77.5 Å². The van der Waals surface area contributed by atoms with Gasteiger partial charge in [0.2, 0.25) is 0 Å². The lowest BCUT2D eigenvalue weighted by Gasteiger charge is -2.12. The number of thiocarbonyl (C=S) groups is 1. The third kappa shape index (κ3) is 7.10. The fourth-order valence-corrected chi connectivity index (χ4v) is 2.86. The van der Waals surface area contributed by atoms with Gasteiger partial charge in [0.05, 0.1) is 11.1 Å². The zero-order valence-electron chi connectivity index (χ0n) is 14.8. The third-order valence-corrected chi connectivity index (χ3v) is 4.57. The monoisotopic (exact) mass is 529 g/mol. The smallest absolute Gasteiger partial charge is 0.276 e. The minimum atomic E-state index is -0.455. The first-order valence-corrected chi connectivity index (χ1v) is 10.1. The van der Waals surface area contributed by atoms with Crippen molar-refractivity contribution in [1.82, 2.24) is 16.2 Å². The van der Waals surface area contributed by atoms with Crippen LogP contribution in [0.2, 0.25) is 0 Å². The molecule has 10 heteroatoms. The normalized spacial score (nSPS) is 9.96. The second-order valence-corrected chi connectivity index (χ2v) is 7.46. The number of carbonyl (C=O) groups is 2. The van der Waals surface area contributed by atoms with Gasteiger partial charge in [0.15, 0.2) is 11.7 Å². The Morgan fingerprint density at radius 3 is 2.39 bits per heavy atom. The van der Waals surface area contributed by atoms with Gasteiger partial charge in [-0.15, -0.1) is 0 Å².